The zero-order chi connectivity index (χ0) is 13.6. The van der Waals surface area contributed by atoms with Crippen molar-refractivity contribution in [1.29, 1.82) is 0 Å². The topological polar surface area (TPSA) is 60.8 Å². The normalized spacial score (nSPS) is 11.3. The third kappa shape index (κ3) is 5.68. The van der Waals surface area contributed by atoms with E-state index < -0.39 is 11.6 Å². The Hall–Kier alpha value is -1.55. The van der Waals surface area contributed by atoms with Crippen LogP contribution in [0.1, 0.15) is 26.7 Å². The van der Waals surface area contributed by atoms with Crippen LogP contribution in [0.25, 0.3) is 0 Å². The summed E-state index contributed by atoms with van der Waals surface area (Å²) >= 11 is 0. The number of nitrogens with zero attached hydrogens (tertiary/aromatic N) is 1. The average molecular weight is 251 g/mol. The number of carboxylic acids is 1. The molecule has 0 radical (unpaired) electrons. The molecule has 1 rings (SSSR count). The number of hydrogen-bond acceptors (Lipinski definition) is 3. The molecule has 0 unspecified atom stereocenters. The number of rotatable bonds is 7. The zero-order valence-corrected chi connectivity index (χ0v) is 11.0. The van der Waals surface area contributed by atoms with Crippen molar-refractivity contribution in [2.45, 2.75) is 32.3 Å². The van der Waals surface area contributed by atoms with E-state index in [1.165, 1.54) is 0 Å². The SMILES string of the molecule is CC(C)(O)CN(CCCC(=O)O)c1ccccc1. The molecule has 0 spiro atoms. The van der Waals surface area contributed by atoms with Gasteiger partial charge in [0.05, 0.1) is 5.60 Å². The molecule has 0 amide bonds. The number of carbonyl (C=O) groups is 1. The van der Waals surface area contributed by atoms with Gasteiger partial charge in [-0.3, -0.25) is 4.79 Å². The van der Waals surface area contributed by atoms with Gasteiger partial charge in [0.25, 0.3) is 0 Å². The smallest absolute Gasteiger partial charge is 0.303 e. The maximum Gasteiger partial charge on any atom is 0.303 e. The van der Waals surface area contributed by atoms with Gasteiger partial charge < -0.3 is 15.1 Å². The van der Waals surface area contributed by atoms with E-state index in [1.54, 1.807) is 13.8 Å². The first-order chi connectivity index (χ1) is 8.38. The van der Waals surface area contributed by atoms with Crippen LogP contribution >= 0.6 is 0 Å². The Labute approximate surface area is 108 Å². The molecule has 0 aliphatic carbocycles. The van der Waals surface area contributed by atoms with Gasteiger partial charge in [-0.25, -0.2) is 0 Å². The summed E-state index contributed by atoms with van der Waals surface area (Å²) in [4.78, 5) is 12.6. The van der Waals surface area contributed by atoms with E-state index >= 15 is 0 Å². The van der Waals surface area contributed by atoms with E-state index in [4.69, 9.17) is 5.11 Å². The Kier molecular flexibility index (Phi) is 5.16. The number of anilines is 1. The maximum absolute atomic E-state index is 10.5. The second kappa shape index (κ2) is 6.40. The van der Waals surface area contributed by atoms with Crippen molar-refractivity contribution >= 4 is 11.7 Å². The van der Waals surface area contributed by atoms with Gasteiger partial charge in [0.15, 0.2) is 0 Å². The van der Waals surface area contributed by atoms with Gasteiger partial charge in [-0.1, -0.05) is 18.2 Å². The third-order valence-corrected chi connectivity index (χ3v) is 2.52. The summed E-state index contributed by atoms with van der Waals surface area (Å²) in [7, 11) is 0. The molecule has 0 saturated heterocycles. The van der Waals surface area contributed by atoms with Crippen molar-refractivity contribution < 1.29 is 15.0 Å². The zero-order valence-electron chi connectivity index (χ0n) is 11.0. The summed E-state index contributed by atoms with van der Waals surface area (Å²) in [5.41, 5.74) is 0.198. The van der Waals surface area contributed by atoms with E-state index in [-0.39, 0.29) is 6.42 Å². The molecule has 0 aliphatic rings. The minimum Gasteiger partial charge on any atom is -0.481 e. The lowest BCUT2D eigenvalue weighted by molar-refractivity contribution is -0.137. The summed E-state index contributed by atoms with van der Waals surface area (Å²) < 4.78 is 0. The van der Waals surface area contributed by atoms with Crippen LogP contribution in [0.15, 0.2) is 30.3 Å². The van der Waals surface area contributed by atoms with E-state index in [9.17, 15) is 9.90 Å². The van der Waals surface area contributed by atoms with Crippen LogP contribution in [-0.4, -0.2) is 34.9 Å². The summed E-state index contributed by atoms with van der Waals surface area (Å²) in [5.74, 6) is -0.786. The van der Waals surface area contributed by atoms with Crippen molar-refractivity contribution in [3.8, 4) is 0 Å². The fourth-order valence-corrected chi connectivity index (χ4v) is 1.83. The number of hydrogen-bond donors (Lipinski definition) is 2. The van der Waals surface area contributed by atoms with Crippen molar-refractivity contribution in [3.63, 3.8) is 0 Å². The fraction of sp³-hybridized carbons (Fsp3) is 0.500. The molecule has 0 heterocycles. The number of aliphatic carboxylic acids is 1. The molecule has 4 nitrogen and oxygen atoms in total. The predicted octanol–water partition coefficient (Wildman–Crippen LogP) is 2.13. The molecule has 2 N–H and O–H groups in total. The molecule has 0 aromatic heterocycles. The van der Waals surface area contributed by atoms with Crippen molar-refractivity contribution in [3.05, 3.63) is 30.3 Å². The Bertz CT molecular complexity index is 370. The highest BCUT2D eigenvalue weighted by molar-refractivity contribution is 5.66. The van der Waals surface area contributed by atoms with E-state index in [0.29, 0.717) is 19.5 Å². The third-order valence-electron chi connectivity index (χ3n) is 2.52. The Morgan fingerprint density at radius 1 is 1.28 bits per heavy atom. The van der Waals surface area contributed by atoms with Crippen molar-refractivity contribution in [2.24, 2.45) is 0 Å². The van der Waals surface area contributed by atoms with Gasteiger partial charge in [-0.15, -0.1) is 0 Å². The molecule has 1 aromatic carbocycles. The molecule has 1 aromatic rings. The van der Waals surface area contributed by atoms with E-state index in [1.807, 2.05) is 35.2 Å². The van der Waals surface area contributed by atoms with Crippen molar-refractivity contribution in [2.75, 3.05) is 18.0 Å². The summed E-state index contributed by atoms with van der Waals surface area (Å²) in [6.07, 6.45) is 0.718. The molecule has 4 heteroatoms. The highest BCUT2D eigenvalue weighted by Crippen LogP contribution is 2.17. The Morgan fingerprint density at radius 3 is 2.39 bits per heavy atom. The monoisotopic (exact) mass is 251 g/mol. The summed E-state index contributed by atoms with van der Waals surface area (Å²) in [6, 6.07) is 9.73. The number of aliphatic hydroxyl groups is 1. The molecule has 0 bridgehead atoms. The molecule has 0 aliphatic heterocycles. The highest BCUT2D eigenvalue weighted by Gasteiger charge is 2.18. The second-order valence-corrected chi connectivity index (χ2v) is 5.07. The standard InChI is InChI=1S/C14H21NO3/c1-14(2,18)11-15(10-6-9-13(16)17)12-7-4-3-5-8-12/h3-5,7-8,18H,6,9-11H2,1-2H3,(H,16,17). The summed E-state index contributed by atoms with van der Waals surface area (Å²) in [6.45, 7) is 4.61. The van der Waals surface area contributed by atoms with Crippen LogP contribution in [0, 0.1) is 0 Å². The lowest BCUT2D eigenvalue weighted by Crippen LogP contribution is -2.39. The minimum atomic E-state index is -0.806. The first kappa shape index (κ1) is 14.5. The Morgan fingerprint density at radius 2 is 1.89 bits per heavy atom. The molecular formula is C14H21NO3. The first-order valence-electron chi connectivity index (χ1n) is 6.13. The molecule has 0 atom stereocenters. The van der Waals surface area contributed by atoms with E-state index in [0.717, 1.165) is 5.69 Å². The first-order valence-corrected chi connectivity index (χ1v) is 6.13. The molecule has 18 heavy (non-hydrogen) atoms. The van der Waals surface area contributed by atoms with Crippen LogP contribution in [0.4, 0.5) is 5.69 Å². The maximum atomic E-state index is 10.5. The van der Waals surface area contributed by atoms with Crippen LogP contribution in [0.2, 0.25) is 0 Å². The number of para-hydroxylation sites is 1. The fourth-order valence-electron chi connectivity index (χ4n) is 1.83. The predicted molar refractivity (Wildman–Crippen MR) is 71.8 cm³/mol. The van der Waals surface area contributed by atoms with Gasteiger partial charge in [-0.05, 0) is 32.4 Å². The molecule has 0 fully saturated rings. The largest absolute Gasteiger partial charge is 0.481 e. The highest BCUT2D eigenvalue weighted by atomic mass is 16.4. The number of carboxylic acid groups (broad SMARTS) is 1. The van der Waals surface area contributed by atoms with Crippen LogP contribution in [0.5, 0.6) is 0 Å². The quantitative estimate of drug-likeness (QED) is 0.779. The minimum absolute atomic E-state index is 0.148. The van der Waals surface area contributed by atoms with Gasteiger partial charge in [0, 0.05) is 25.2 Å². The lowest BCUT2D eigenvalue weighted by Gasteiger charge is -2.30. The van der Waals surface area contributed by atoms with Gasteiger partial charge >= 0.3 is 5.97 Å². The van der Waals surface area contributed by atoms with Crippen LogP contribution < -0.4 is 4.90 Å². The Balaban J connectivity index is 2.67. The van der Waals surface area contributed by atoms with Gasteiger partial charge in [0.2, 0.25) is 0 Å². The number of benzene rings is 1. The molecular weight excluding hydrogens is 230 g/mol. The van der Waals surface area contributed by atoms with Crippen LogP contribution in [-0.2, 0) is 4.79 Å². The van der Waals surface area contributed by atoms with Crippen LogP contribution in [0.3, 0.4) is 0 Å². The average Bonchev–Trinajstić information content (AvgIpc) is 2.27. The molecule has 100 valence electrons. The summed E-state index contributed by atoms with van der Waals surface area (Å²) in [5, 5.41) is 18.6. The van der Waals surface area contributed by atoms with Gasteiger partial charge in [-0.2, -0.15) is 0 Å². The van der Waals surface area contributed by atoms with Crippen molar-refractivity contribution in [1.82, 2.24) is 0 Å². The second-order valence-electron chi connectivity index (χ2n) is 5.07. The lowest BCUT2D eigenvalue weighted by atomic mass is 10.1. The van der Waals surface area contributed by atoms with E-state index in [2.05, 4.69) is 0 Å². The van der Waals surface area contributed by atoms with Gasteiger partial charge in [0.1, 0.15) is 0 Å². The molecule has 0 saturated carbocycles.